The van der Waals surface area contributed by atoms with E-state index in [9.17, 15) is 14.4 Å². The molecule has 0 aliphatic carbocycles. The highest BCUT2D eigenvalue weighted by atomic mass is 16.2. The summed E-state index contributed by atoms with van der Waals surface area (Å²) in [5.41, 5.74) is 2.12. The molecular weight excluding hydrogens is 390 g/mol. The van der Waals surface area contributed by atoms with Gasteiger partial charge in [0.1, 0.15) is 6.29 Å². The van der Waals surface area contributed by atoms with Crippen molar-refractivity contribution in [2.24, 2.45) is 5.92 Å². The molecule has 1 aromatic heterocycles. The zero-order valence-electron chi connectivity index (χ0n) is 17.7. The summed E-state index contributed by atoms with van der Waals surface area (Å²) in [6.45, 7) is 2.22. The van der Waals surface area contributed by atoms with Gasteiger partial charge in [0.15, 0.2) is 0 Å². The van der Waals surface area contributed by atoms with Crippen LogP contribution in [-0.4, -0.2) is 47.6 Å². The lowest BCUT2D eigenvalue weighted by atomic mass is 9.91. The van der Waals surface area contributed by atoms with Gasteiger partial charge in [-0.15, -0.1) is 0 Å². The molecule has 1 fully saturated rings. The Kier molecular flexibility index (Phi) is 8.52. The summed E-state index contributed by atoms with van der Waals surface area (Å²) >= 11 is 0. The van der Waals surface area contributed by atoms with Gasteiger partial charge >= 0.3 is 0 Å². The van der Waals surface area contributed by atoms with Crippen molar-refractivity contribution in [3.05, 3.63) is 71.6 Å². The number of nitrogens with one attached hydrogen (secondary N) is 1. The molecule has 0 atom stereocenters. The van der Waals surface area contributed by atoms with E-state index in [1.54, 1.807) is 42.7 Å². The van der Waals surface area contributed by atoms with E-state index in [0.717, 1.165) is 57.0 Å². The van der Waals surface area contributed by atoms with Gasteiger partial charge in [-0.05, 0) is 55.0 Å². The predicted octanol–water partition coefficient (Wildman–Crippen LogP) is 3.75. The van der Waals surface area contributed by atoms with E-state index in [1.165, 1.54) is 6.08 Å². The molecule has 1 aliphatic rings. The summed E-state index contributed by atoms with van der Waals surface area (Å²) in [4.78, 5) is 41.1. The maximum atomic E-state index is 12.6. The van der Waals surface area contributed by atoms with Gasteiger partial charge in [-0.3, -0.25) is 19.4 Å². The first-order chi connectivity index (χ1) is 15.2. The fourth-order valence-corrected chi connectivity index (χ4v) is 3.79. The molecule has 1 saturated heterocycles. The van der Waals surface area contributed by atoms with Crippen molar-refractivity contribution in [3.63, 3.8) is 0 Å². The fourth-order valence-electron chi connectivity index (χ4n) is 3.79. The van der Waals surface area contributed by atoms with E-state index in [-0.39, 0.29) is 11.8 Å². The number of likely N-dealkylation sites (tertiary alicyclic amines) is 1. The second kappa shape index (κ2) is 11.8. The van der Waals surface area contributed by atoms with Crippen LogP contribution in [0.4, 0.5) is 0 Å². The normalized spacial score (nSPS) is 14.5. The Balaban J connectivity index is 1.29. The van der Waals surface area contributed by atoms with Crippen molar-refractivity contribution < 1.29 is 14.4 Å². The standard InChI is InChI=1S/C25H29N3O3/c29-19-22-6-9-23(10-7-22)25(31)28-16-12-20(13-17-28)4-1-2-15-27-24(30)11-8-21-5-3-14-26-18-21/h3,5-11,14,18-20H,1-2,4,12-13,15-17H2,(H,27,30)/b11-8+. The van der Waals surface area contributed by atoms with Gasteiger partial charge < -0.3 is 10.2 Å². The van der Waals surface area contributed by atoms with Crippen LogP contribution in [0.25, 0.3) is 6.08 Å². The van der Waals surface area contributed by atoms with Gasteiger partial charge in [0, 0.05) is 49.2 Å². The molecule has 0 bridgehead atoms. The number of amides is 2. The summed E-state index contributed by atoms with van der Waals surface area (Å²) in [5.74, 6) is 0.581. The summed E-state index contributed by atoms with van der Waals surface area (Å²) in [7, 11) is 0. The molecule has 2 heterocycles. The van der Waals surface area contributed by atoms with Crippen LogP contribution < -0.4 is 5.32 Å². The number of hydrogen-bond acceptors (Lipinski definition) is 4. The lowest BCUT2D eigenvalue weighted by Gasteiger charge is -2.32. The third-order valence-electron chi connectivity index (χ3n) is 5.65. The predicted molar refractivity (Wildman–Crippen MR) is 121 cm³/mol. The number of piperidine rings is 1. The highest BCUT2D eigenvalue weighted by Crippen LogP contribution is 2.23. The fraction of sp³-hybridized carbons (Fsp3) is 0.360. The summed E-state index contributed by atoms with van der Waals surface area (Å²) < 4.78 is 0. The van der Waals surface area contributed by atoms with Crippen LogP contribution in [0.1, 0.15) is 58.4 Å². The second-order valence-electron chi connectivity index (χ2n) is 7.88. The molecular formula is C25H29N3O3. The Bertz CT molecular complexity index is 886. The summed E-state index contributed by atoms with van der Waals surface area (Å²) in [5, 5.41) is 2.92. The minimum absolute atomic E-state index is 0.0398. The molecule has 0 saturated carbocycles. The Labute approximate surface area is 183 Å². The number of hydrogen-bond donors (Lipinski definition) is 1. The molecule has 1 aliphatic heterocycles. The van der Waals surface area contributed by atoms with Crippen molar-refractivity contribution in [2.45, 2.75) is 32.1 Å². The van der Waals surface area contributed by atoms with E-state index in [0.29, 0.717) is 23.6 Å². The average Bonchev–Trinajstić information content (AvgIpc) is 2.83. The van der Waals surface area contributed by atoms with Crippen LogP contribution in [0, 0.1) is 5.92 Å². The van der Waals surface area contributed by atoms with E-state index in [4.69, 9.17) is 0 Å². The first-order valence-electron chi connectivity index (χ1n) is 10.9. The van der Waals surface area contributed by atoms with Crippen molar-refractivity contribution in [1.29, 1.82) is 0 Å². The largest absolute Gasteiger partial charge is 0.353 e. The molecule has 0 unspecified atom stereocenters. The third-order valence-corrected chi connectivity index (χ3v) is 5.65. The molecule has 6 heteroatoms. The van der Waals surface area contributed by atoms with Crippen LogP contribution in [0.2, 0.25) is 0 Å². The van der Waals surface area contributed by atoms with Gasteiger partial charge in [-0.1, -0.05) is 31.0 Å². The number of aromatic nitrogens is 1. The third kappa shape index (κ3) is 7.17. The van der Waals surface area contributed by atoms with E-state index < -0.39 is 0 Å². The molecule has 1 aromatic carbocycles. The first kappa shape index (κ1) is 22.4. The second-order valence-corrected chi connectivity index (χ2v) is 7.88. The molecule has 162 valence electrons. The van der Waals surface area contributed by atoms with Gasteiger partial charge in [0.05, 0.1) is 0 Å². The van der Waals surface area contributed by atoms with Gasteiger partial charge in [0.2, 0.25) is 5.91 Å². The minimum Gasteiger partial charge on any atom is -0.353 e. The number of rotatable bonds is 9. The number of unbranched alkanes of at least 4 members (excludes halogenated alkanes) is 1. The minimum atomic E-state index is -0.0863. The molecule has 6 nitrogen and oxygen atoms in total. The monoisotopic (exact) mass is 419 g/mol. The van der Waals surface area contributed by atoms with E-state index >= 15 is 0 Å². The highest BCUT2D eigenvalue weighted by Gasteiger charge is 2.23. The van der Waals surface area contributed by atoms with Gasteiger partial charge in [0.25, 0.3) is 5.91 Å². The summed E-state index contributed by atoms with van der Waals surface area (Å²) in [6, 6.07) is 10.5. The average molecular weight is 420 g/mol. The van der Waals surface area contributed by atoms with Crippen LogP contribution in [-0.2, 0) is 4.79 Å². The number of carbonyl (C=O) groups excluding carboxylic acids is 3. The number of carbonyl (C=O) groups is 3. The quantitative estimate of drug-likeness (QED) is 0.381. The lowest BCUT2D eigenvalue weighted by molar-refractivity contribution is -0.116. The zero-order chi connectivity index (χ0) is 21.9. The molecule has 1 N–H and O–H groups in total. The number of benzene rings is 1. The molecule has 2 amide bonds. The number of pyridine rings is 1. The van der Waals surface area contributed by atoms with E-state index in [2.05, 4.69) is 10.3 Å². The van der Waals surface area contributed by atoms with Gasteiger partial charge in [-0.25, -0.2) is 0 Å². The van der Waals surface area contributed by atoms with Crippen LogP contribution in [0.5, 0.6) is 0 Å². The first-order valence-corrected chi connectivity index (χ1v) is 10.9. The Morgan fingerprint density at radius 3 is 2.52 bits per heavy atom. The molecule has 0 radical (unpaired) electrons. The Morgan fingerprint density at radius 2 is 1.84 bits per heavy atom. The van der Waals surface area contributed by atoms with Crippen LogP contribution >= 0.6 is 0 Å². The Hall–Kier alpha value is -3.28. The van der Waals surface area contributed by atoms with E-state index in [1.807, 2.05) is 17.0 Å². The maximum Gasteiger partial charge on any atom is 0.253 e. The summed E-state index contributed by atoms with van der Waals surface area (Å²) in [6.07, 6.45) is 12.7. The SMILES string of the molecule is O=Cc1ccc(C(=O)N2CCC(CCCCNC(=O)/C=C/c3cccnc3)CC2)cc1. The Morgan fingerprint density at radius 1 is 1.06 bits per heavy atom. The van der Waals surface area contributed by atoms with Crippen molar-refractivity contribution in [2.75, 3.05) is 19.6 Å². The molecule has 0 spiro atoms. The number of nitrogens with zero attached hydrogens (tertiary/aromatic N) is 2. The zero-order valence-corrected chi connectivity index (χ0v) is 17.7. The smallest absolute Gasteiger partial charge is 0.253 e. The van der Waals surface area contributed by atoms with Crippen LogP contribution in [0.15, 0.2) is 54.9 Å². The molecule has 31 heavy (non-hydrogen) atoms. The number of aldehydes is 1. The van der Waals surface area contributed by atoms with Gasteiger partial charge in [-0.2, -0.15) is 0 Å². The highest BCUT2D eigenvalue weighted by molar-refractivity contribution is 5.95. The van der Waals surface area contributed by atoms with Crippen molar-refractivity contribution >= 4 is 24.2 Å². The molecule has 2 aromatic rings. The van der Waals surface area contributed by atoms with Crippen molar-refractivity contribution in [3.8, 4) is 0 Å². The van der Waals surface area contributed by atoms with Crippen molar-refractivity contribution in [1.82, 2.24) is 15.2 Å². The molecule has 3 rings (SSSR count). The van der Waals surface area contributed by atoms with Crippen LogP contribution in [0.3, 0.4) is 0 Å². The topological polar surface area (TPSA) is 79.4 Å². The lowest BCUT2D eigenvalue weighted by Crippen LogP contribution is -2.38. The maximum absolute atomic E-state index is 12.6.